The van der Waals surface area contributed by atoms with Crippen molar-refractivity contribution in [3.05, 3.63) is 34.1 Å². The van der Waals surface area contributed by atoms with Gasteiger partial charge in [-0.1, -0.05) is 34.8 Å². The first-order valence-corrected chi connectivity index (χ1v) is 6.28. The molecule has 110 valence electrons. The molecule has 0 spiro atoms. The third-order valence-electron chi connectivity index (χ3n) is 3.03. The molecule has 2 atom stereocenters. The van der Waals surface area contributed by atoms with Gasteiger partial charge in [0.05, 0.1) is 16.5 Å². The fourth-order valence-electron chi connectivity index (χ4n) is 2.04. The normalized spacial score (nSPS) is 24.6. The summed E-state index contributed by atoms with van der Waals surface area (Å²) in [6, 6.07) is 1.28. The maximum Gasteiger partial charge on any atom is 0.417 e. The molecule has 0 unspecified atom stereocenters. The lowest BCUT2D eigenvalue weighted by Crippen LogP contribution is -2.08. The molecule has 1 aromatic carbocycles. The molecule has 1 aliphatic rings. The Balaban J connectivity index is 2.51. The van der Waals surface area contributed by atoms with Crippen molar-refractivity contribution in [2.45, 2.75) is 16.4 Å². The van der Waals surface area contributed by atoms with Crippen LogP contribution in [0.4, 0.5) is 17.6 Å². The highest BCUT2D eigenvalue weighted by Gasteiger charge is 2.68. The molecule has 0 radical (unpaired) electrons. The summed E-state index contributed by atoms with van der Waals surface area (Å²) in [5.74, 6) is -5.11. The molecule has 0 amide bonds. The molecule has 0 aliphatic heterocycles. The van der Waals surface area contributed by atoms with Crippen LogP contribution < -0.4 is 0 Å². The van der Waals surface area contributed by atoms with Crippen LogP contribution in [0.1, 0.15) is 17.0 Å². The number of benzene rings is 1. The zero-order valence-corrected chi connectivity index (χ0v) is 11.6. The van der Waals surface area contributed by atoms with Crippen molar-refractivity contribution in [3.8, 4) is 0 Å². The van der Waals surface area contributed by atoms with Crippen LogP contribution in [0, 0.1) is 11.7 Å². The molecule has 20 heavy (non-hydrogen) atoms. The van der Waals surface area contributed by atoms with Crippen molar-refractivity contribution in [2.24, 2.45) is 5.92 Å². The SMILES string of the molecule is O=C(O)[C@H]1[C@H](c2cc(F)c(Cl)c(C(F)(F)F)c2)C1(Cl)Cl. The van der Waals surface area contributed by atoms with E-state index in [-0.39, 0.29) is 5.56 Å². The highest BCUT2D eigenvalue weighted by molar-refractivity contribution is 6.53. The standard InChI is InChI=1S/C11H5Cl3F4O2/c12-8-4(11(16,17)18)1-3(2-5(8)15)6-7(9(19)20)10(6,13)14/h1-2,6-7H,(H,19,20)/t6-,7+/m0/s1. The van der Waals surface area contributed by atoms with E-state index >= 15 is 0 Å². The Hall–Kier alpha value is -0.720. The zero-order chi connectivity index (χ0) is 15.5. The van der Waals surface area contributed by atoms with E-state index in [1.165, 1.54) is 0 Å². The number of hydrogen-bond donors (Lipinski definition) is 1. The van der Waals surface area contributed by atoms with Gasteiger partial charge in [-0.15, -0.1) is 0 Å². The Morgan fingerprint density at radius 1 is 1.30 bits per heavy atom. The minimum atomic E-state index is -4.87. The molecule has 1 fully saturated rings. The lowest BCUT2D eigenvalue weighted by Gasteiger charge is -2.12. The molecule has 2 rings (SSSR count). The highest BCUT2D eigenvalue weighted by Crippen LogP contribution is 2.65. The van der Waals surface area contributed by atoms with Crippen LogP contribution in [0.15, 0.2) is 12.1 Å². The monoisotopic (exact) mass is 350 g/mol. The highest BCUT2D eigenvalue weighted by atomic mass is 35.5. The fourth-order valence-corrected chi connectivity index (χ4v) is 3.08. The van der Waals surface area contributed by atoms with E-state index in [9.17, 15) is 22.4 Å². The number of carboxylic acid groups (broad SMARTS) is 1. The zero-order valence-electron chi connectivity index (χ0n) is 9.31. The third kappa shape index (κ3) is 2.44. The molecule has 1 aliphatic carbocycles. The van der Waals surface area contributed by atoms with Crippen molar-refractivity contribution < 1.29 is 27.5 Å². The van der Waals surface area contributed by atoms with Crippen molar-refractivity contribution in [3.63, 3.8) is 0 Å². The topological polar surface area (TPSA) is 37.3 Å². The molecule has 0 heterocycles. The molecular formula is C11H5Cl3F4O2. The Morgan fingerprint density at radius 2 is 1.85 bits per heavy atom. The van der Waals surface area contributed by atoms with Crippen LogP contribution in [0.3, 0.4) is 0 Å². The average Bonchev–Trinajstić information content (AvgIpc) is 2.84. The number of aliphatic carboxylic acids is 1. The summed E-state index contributed by atoms with van der Waals surface area (Å²) in [5.41, 5.74) is -1.65. The predicted molar refractivity (Wildman–Crippen MR) is 64.7 cm³/mol. The van der Waals surface area contributed by atoms with Gasteiger partial charge in [-0.2, -0.15) is 13.2 Å². The van der Waals surface area contributed by atoms with E-state index in [1.54, 1.807) is 0 Å². The van der Waals surface area contributed by atoms with Gasteiger partial charge in [0, 0.05) is 5.92 Å². The van der Waals surface area contributed by atoms with Gasteiger partial charge in [-0.25, -0.2) is 4.39 Å². The molecule has 0 bridgehead atoms. The minimum absolute atomic E-state index is 0.253. The van der Waals surface area contributed by atoms with Crippen LogP contribution in [0.2, 0.25) is 5.02 Å². The molecule has 1 saturated carbocycles. The van der Waals surface area contributed by atoms with E-state index < -0.39 is 44.7 Å². The first kappa shape index (κ1) is 15.7. The number of rotatable bonds is 2. The second-order valence-electron chi connectivity index (χ2n) is 4.33. The van der Waals surface area contributed by atoms with E-state index in [0.29, 0.717) is 12.1 Å². The van der Waals surface area contributed by atoms with Crippen LogP contribution in [-0.2, 0) is 11.0 Å². The van der Waals surface area contributed by atoms with Crippen LogP contribution in [0.25, 0.3) is 0 Å². The summed E-state index contributed by atoms with van der Waals surface area (Å²) in [5, 5.41) is 7.78. The smallest absolute Gasteiger partial charge is 0.417 e. The maximum atomic E-state index is 13.5. The van der Waals surface area contributed by atoms with Gasteiger partial charge in [0.2, 0.25) is 0 Å². The van der Waals surface area contributed by atoms with Gasteiger partial charge in [-0.3, -0.25) is 4.79 Å². The van der Waals surface area contributed by atoms with Crippen molar-refractivity contribution in [1.29, 1.82) is 0 Å². The van der Waals surface area contributed by atoms with Crippen LogP contribution in [-0.4, -0.2) is 15.4 Å². The summed E-state index contributed by atoms with van der Waals surface area (Å²) in [4.78, 5) is 10.9. The summed E-state index contributed by atoms with van der Waals surface area (Å²) < 4.78 is 49.8. The lowest BCUT2D eigenvalue weighted by atomic mass is 10.0. The maximum absolute atomic E-state index is 13.5. The second kappa shape index (κ2) is 4.64. The summed E-state index contributed by atoms with van der Waals surface area (Å²) >= 11 is 16.7. The molecular weight excluding hydrogens is 346 g/mol. The van der Waals surface area contributed by atoms with Crippen LogP contribution in [0.5, 0.6) is 0 Å². The first-order valence-electron chi connectivity index (χ1n) is 5.14. The Morgan fingerprint density at radius 3 is 2.25 bits per heavy atom. The number of carboxylic acids is 1. The number of hydrogen-bond acceptors (Lipinski definition) is 1. The number of alkyl halides is 5. The fraction of sp³-hybridized carbons (Fsp3) is 0.364. The average molecular weight is 352 g/mol. The predicted octanol–water partition coefficient (Wildman–Crippen LogP) is 4.47. The summed E-state index contributed by atoms with van der Waals surface area (Å²) in [7, 11) is 0. The van der Waals surface area contributed by atoms with E-state index in [0.717, 1.165) is 0 Å². The van der Waals surface area contributed by atoms with E-state index in [4.69, 9.17) is 39.9 Å². The summed E-state index contributed by atoms with van der Waals surface area (Å²) in [6.07, 6.45) is -4.87. The van der Waals surface area contributed by atoms with Gasteiger partial charge in [0.1, 0.15) is 10.2 Å². The van der Waals surface area contributed by atoms with Gasteiger partial charge >= 0.3 is 12.1 Å². The number of carbonyl (C=O) groups is 1. The lowest BCUT2D eigenvalue weighted by molar-refractivity contribution is -0.138. The quantitative estimate of drug-likeness (QED) is 0.630. The van der Waals surface area contributed by atoms with E-state index in [2.05, 4.69) is 0 Å². The van der Waals surface area contributed by atoms with Crippen molar-refractivity contribution in [1.82, 2.24) is 0 Å². The molecule has 1 N–H and O–H groups in total. The van der Waals surface area contributed by atoms with Gasteiger partial charge < -0.3 is 5.11 Å². The second-order valence-corrected chi connectivity index (χ2v) is 6.15. The molecule has 2 nitrogen and oxygen atoms in total. The van der Waals surface area contributed by atoms with Gasteiger partial charge in [-0.05, 0) is 17.7 Å². The number of halogens is 7. The van der Waals surface area contributed by atoms with Gasteiger partial charge in [0.15, 0.2) is 0 Å². The molecule has 0 aromatic heterocycles. The Bertz CT molecular complexity index is 586. The van der Waals surface area contributed by atoms with E-state index in [1.807, 2.05) is 0 Å². The van der Waals surface area contributed by atoms with Crippen molar-refractivity contribution in [2.75, 3.05) is 0 Å². The minimum Gasteiger partial charge on any atom is -0.481 e. The third-order valence-corrected chi connectivity index (χ3v) is 4.36. The van der Waals surface area contributed by atoms with Crippen molar-refractivity contribution >= 4 is 40.8 Å². The molecule has 1 aromatic rings. The Labute approximate surface area is 125 Å². The summed E-state index contributed by atoms with van der Waals surface area (Å²) in [6.45, 7) is 0. The molecule has 9 heteroatoms. The Kier molecular flexibility index (Phi) is 3.64. The molecule has 0 saturated heterocycles. The van der Waals surface area contributed by atoms with Gasteiger partial charge in [0.25, 0.3) is 0 Å². The first-order chi connectivity index (χ1) is 8.98. The largest absolute Gasteiger partial charge is 0.481 e. The van der Waals surface area contributed by atoms with Crippen LogP contribution >= 0.6 is 34.8 Å².